The number of rotatable bonds is 19. The van der Waals surface area contributed by atoms with Gasteiger partial charge in [-0.1, -0.05) is 24.5 Å². The van der Waals surface area contributed by atoms with Crippen LogP contribution in [0.25, 0.3) is 10.9 Å². The fourth-order valence-corrected chi connectivity index (χ4v) is 6.61. The molecule has 1 saturated carbocycles. The van der Waals surface area contributed by atoms with Gasteiger partial charge in [0.25, 0.3) is 0 Å². The maximum absolute atomic E-state index is 12.8. The number of amides is 1. The van der Waals surface area contributed by atoms with E-state index in [0.717, 1.165) is 74.5 Å². The molecule has 0 radical (unpaired) electrons. The van der Waals surface area contributed by atoms with Crippen molar-refractivity contribution in [2.45, 2.75) is 102 Å². The summed E-state index contributed by atoms with van der Waals surface area (Å²) in [6.45, 7) is 5.50. The number of hydrogen-bond donors (Lipinski definition) is 5. The van der Waals surface area contributed by atoms with E-state index in [9.17, 15) is 9.59 Å². The third-order valence-electron chi connectivity index (χ3n) is 9.59. The van der Waals surface area contributed by atoms with Crippen molar-refractivity contribution in [2.75, 3.05) is 57.6 Å². The van der Waals surface area contributed by atoms with E-state index in [0.29, 0.717) is 37.1 Å². The third-order valence-corrected chi connectivity index (χ3v) is 9.59. The lowest BCUT2D eigenvalue weighted by Gasteiger charge is -2.33. The molecule has 2 aliphatic rings. The molecule has 3 heterocycles. The van der Waals surface area contributed by atoms with E-state index in [1.165, 1.54) is 39.2 Å². The number of anilines is 2. The number of hydrogen-bond acceptors (Lipinski definition) is 13. The molecule has 1 aliphatic heterocycles. The highest BCUT2D eigenvalue weighted by molar-refractivity contribution is 5.91. The third kappa shape index (κ3) is 11.2. The fourth-order valence-electron chi connectivity index (χ4n) is 6.61. The van der Waals surface area contributed by atoms with Gasteiger partial charge >= 0.3 is 5.97 Å². The lowest BCUT2D eigenvalue weighted by molar-refractivity contribution is -0.142. The molecule has 2 fully saturated rings. The Morgan fingerprint density at radius 2 is 1.80 bits per heavy atom. The molecule has 6 N–H and O–H groups in total. The van der Waals surface area contributed by atoms with Crippen LogP contribution in [0.15, 0.2) is 24.4 Å². The summed E-state index contributed by atoms with van der Waals surface area (Å²) in [7, 11) is 2.93. The van der Waals surface area contributed by atoms with Crippen LogP contribution in [0.2, 0.25) is 0 Å². The van der Waals surface area contributed by atoms with E-state index >= 15 is 0 Å². The van der Waals surface area contributed by atoms with E-state index < -0.39 is 12.0 Å². The Hall–Kier alpha value is -4.08. The number of nitrogens with two attached hydrogens (primary N) is 1. The van der Waals surface area contributed by atoms with Crippen LogP contribution < -0.4 is 31.7 Å². The molecule has 1 saturated heterocycles. The molecule has 50 heavy (non-hydrogen) atoms. The Kier molecular flexibility index (Phi) is 14.4. The van der Waals surface area contributed by atoms with Crippen molar-refractivity contribution in [1.82, 2.24) is 40.5 Å². The molecule has 15 heteroatoms. The van der Waals surface area contributed by atoms with Gasteiger partial charge in [-0.15, -0.1) is 5.10 Å². The zero-order chi connectivity index (χ0) is 35.1. The van der Waals surface area contributed by atoms with Crippen LogP contribution in [0, 0.1) is 0 Å². The summed E-state index contributed by atoms with van der Waals surface area (Å²) < 4.78 is 12.0. The molecule has 0 bridgehead atoms. The zero-order valence-electron chi connectivity index (χ0n) is 29.7. The van der Waals surface area contributed by atoms with Crippen molar-refractivity contribution in [3.05, 3.63) is 30.1 Å². The predicted molar refractivity (Wildman–Crippen MR) is 193 cm³/mol. The van der Waals surface area contributed by atoms with Crippen molar-refractivity contribution in [1.29, 1.82) is 0 Å². The zero-order valence-corrected chi connectivity index (χ0v) is 29.7. The van der Waals surface area contributed by atoms with Gasteiger partial charge < -0.3 is 41.4 Å². The minimum absolute atomic E-state index is 0.00637. The lowest BCUT2D eigenvalue weighted by Crippen LogP contribution is -2.43. The number of aromatic nitrogens is 5. The number of nitrogens with one attached hydrogen (secondary N) is 4. The SMILES string of the molecule is COC(=O)[C@@H](N)CCC(=O)N1CCC(Nc2nc(NCc3cn(CCCNCCCNC4CCCCC4)nn3)nc3ccc(OC)cc23)CC1. The first-order chi connectivity index (χ1) is 24.4. The van der Waals surface area contributed by atoms with Crippen LogP contribution in [0.3, 0.4) is 0 Å². The van der Waals surface area contributed by atoms with Crippen molar-refractivity contribution in [3.63, 3.8) is 0 Å². The highest BCUT2D eigenvalue weighted by Crippen LogP contribution is 2.28. The summed E-state index contributed by atoms with van der Waals surface area (Å²) in [5.74, 6) is 1.39. The summed E-state index contributed by atoms with van der Waals surface area (Å²) >= 11 is 0. The van der Waals surface area contributed by atoms with Crippen molar-refractivity contribution < 1.29 is 19.1 Å². The summed E-state index contributed by atoms with van der Waals surface area (Å²) in [5.41, 5.74) is 7.40. The normalized spacial score (nSPS) is 16.3. The number of ether oxygens (including phenoxy) is 2. The second kappa shape index (κ2) is 19.3. The molecule has 15 nitrogen and oxygen atoms in total. The number of esters is 1. The number of fused-ring (bicyclic) bond motifs is 1. The van der Waals surface area contributed by atoms with Crippen molar-refractivity contribution >= 4 is 34.5 Å². The van der Waals surface area contributed by atoms with Crippen LogP contribution in [-0.2, 0) is 27.4 Å². The second-order valence-corrected chi connectivity index (χ2v) is 13.3. The summed E-state index contributed by atoms with van der Waals surface area (Å²) in [6.07, 6.45) is 12.9. The largest absolute Gasteiger partial charge is 0.497 e. The number of methoxy groups -OCH3 is 2. The molecule has 5 rings (SSSR count). The number of nitrogens with zero attached hydrogens (tertiary/aromatic N) is 6. The first kappa shape index (κ1) is 37.2. The maximum atomic E-state index is 12.8. The van der Waals surface area contributed by atoms with Gasteiger partial charge in [-0.3, -0.25) is 14.3 Å². The lowest BCUT2D eigenvalue weighted by atomic mass is 9.95. The highest BCUT2D eigenvalue weighted by atomic mass is 16.5. The Morgan fingerprint density at radius 3 is 2.58 bits per heavy atom. The van der Waals surface area contributed by atoms with Gasteiger partial charge in [-0.25, -0.2) is 4.98 Å². The topological polar surface area (TPSA) is 186 Å². The molecule has 0 spiro atoms. The maximum Gasteiger partial charge on any atom is 0.322 e. The standard InChI is InChI=1S/C35H55N11O4/c1-49-28-10-12-31-29(22-28)33(40-26-14-20-45(21-15-26)32(47)13-11-30(36)34(48)50-2)42-35(41-31)39-23-27-24-46(44-43-27)19-7-17-37-16-6-18-38-25-8-4-3-5-9-25/h10,12,22,24-26,30,37-38H,3-9,11,13-21,23,36H2,1-2H3,(H2,39,40,41,42)/t30-/m0/s1. The molecule has 3 aromatic rings. The summed E-state index contributed by atoms with van der Waals surface area (Å²) in [4.78, 5) is 35.8. The van der Waals surface area contributed by atoms with Crippen LogP contribution >= 0.6 is 0 Å². The van der Waals surface area contributed by atoms with E-state index in [-0.39, 0.29) is 24.8 Å². The summed E-state index contributed by atoms with van der Waals surface area (Å²) in [5, 5.41) is 23.7. The minimum atomic E-state index is -0.790. The Balaban J connectivity index is 1.07. The van der Waals surface area contributed by atoms with Crippen LogP contribution in [0.5, 0.6) is 5.75 Å². The molecule has 274 valence electrons. The number of likely N-dealkylation sites (tertiary alicyclic amines) is 1. The molecule has 1 aromatic carbocycles. The average molecular weight is 694 g/mol. The Bertz CT molecular complexity index is 1510. The molecule has 2 aromatic heterocycles. The first-order valence-corrected chi connectivity index (χ1v) is 18.2. The van der Waals surface area contributed by atoms with Gasteiger partial charge in [0.05, 0.1) is 32.5 Å². The van der Waals surface area contributed by atoms with Crippen LogP contribution in [0.4, 0.5) is 11.8 Å². The van der Waals surface area contributed by atoms with Gasteiger partial charge in [0.1, 0.15) is 23.3 Å². The summed E-state index contributed by atoms with van der Waals surface area (Å²) in [6, 6.07) is 5.78. The van der Waals surface area contributed by atoms with Gasteiger partial charge in [-0.2, -0.15) is 4.98 Å². The number of carbonyl (C=O) groups excluding carboxylic acids is 2. The van der Waals surface area contributed by atoms with Crippen molar-refractivity contribution in [2.24, 2.45) is 5.73 Å². The van der Waals surface area contributed by atoms with Gasteiger partial charge in [0, 0.05) is 43.5 Å². The smallest absolute Gasteiger partial charge is 0.322 e. The van der Waals surface area contributed by atoms with Crippen molar-refractivity contribution in [3.8, 4) is 5.75 Å². The molecule has 1 aliphatic carbocycles. The van der Waals surface area contributed by atoms with Gasteiger partial charge in [0.15, 0.2) is 0 Å². The van der Waals surface area contributed by atoms with Crippen LogP contribution in [-0.4, -0.2) is 107 Å². The minimum Gasteiger partial charge on any atom is -0.497 e. The molecule has 1 atom stereocenters. The van der Waals surface area contributed by atoms with E-state index in [4.69, 9.17) is 20.4 Å². The highest BCUT2D eigenvalue weighted by Gasteiger charge is 2.25. The second-order valence-electron chi connectivity index (χ2n) is 13.3. The Morgan fingerprint density at radius 1 is 1.00 bits per heavy atom. The van der Waals surface area contributed by atoms with E-state index in [1.54, 1.807) is 7.11 Å². The Labute approximate surface area is 294 Å². The average Bonchev–Trinajstić information content (AvgIpc) is 3.61. The monoisotopic (exact) mass is 693 g/mol. The number of piperidine rings is 1. The van der Waals surface area contributed by atoms with Gasteiger partial charge in [-0.05, 0) is 82.8 Å². The molecule has 1 amide bonds. The number of aryl methyl sites for hydroxylation is 1. The molecule has 0 unspecified atom stereocenters. The van der Waals surface area contributed by atoms with Crippen LogP contribution in [0.1, 0.15) is 76.3 Å². The first-order valence-electron chi connectivity index (χ1n) is 18.2. The van der Waals surface area contributed by atoms with Gasteiger partial charge in [0.2, 0.25) is 11.9 Å². The number of benzene rings is 1. The molecular formula is C35H55N11O4. The van der Waals surface area contributed by atoms with E-state index in [2.05, 4.69) is 36.3 Å². The number of carbonyl (C=O) groups is 2. The van der Waals surface area contributed by atoms with E-state index in [1.807, 2.05) is 34.0 Å². The fraction of sp³-hybridized carbons (Fsp3) is 0.657. The quantitative estimate of drug-likeness (QED) is 0.0913. The molecular weight excluding hydrogens is 638 g/mol. The predicted octanol–water partition coefficient (Wildman–Crippen LogP) is 2.82.